The van der Waals surface area contributed by atoms with Gasteiger partial charge in [-0.05, 0) is 44.6 Å². The van der Waals surface area contributed by atoms with Crippen molar-refractivity contribution in [2.75, 3.05) is 26.2 Å². The number of allylic oxidation sites excluding steroid dienone is 1. The standard InChI is InChI=1S/C16H27N3O2/c1-2-3-8-15(20)19-10-5-6-13(12-19)11-18-16(21)14-7-4-9-17-14/h2,13-14,17H,1,3-12H2,(H,18,21). The van der Waals surface area contributed by atoms with Gasteiger partial charge in [0.15, 0.2) is 0 Å². The SMILES string of the molecule is C=CCCC(=O)N1CCCC(CNC(=O)C2CCCN2)C1. The largest absolute Gasteiger partial charge is 0.354 e. The third kappa shape index (κ3) is 4.84. The van der Waals surface area contributed by atoms with Crippen molar-refractivity contribution in [2.45, 2.75) is 44.6 Å². The van der Waals surface area contributed by atoms with Gasteiger partial charge in [-0.25, -0.2) is 0 Å². The lowest BCUT2D eigenvalue weighted by molar-refractivity contribution is -0.132. The van der Waals surface area contributed by atoms with Gasteiger partial charge in [0.1, 0.15) is 0 Å². The highest BCUT2D eigenvalue weighted by atomic mass is 16.2. The molecule has 0 saturated carbocycles. The summed E-state index contributed by atoms with van der Waals surface area (Å²) in [5, 5.41) is 6.25. The molecule has 2 aliphatic heterocycles. The van der Waals surface area contributed by atoms with E-state index in [-0.39, 0.29) is 17.9 Å². The number of hydrogen-bond acceptors (Lipinski definition) is 3. The number of rotatable bonds is 6. The predicted octanol–water partition coefficient (Wildman–Crippen LogP) is 1.06. The average Bonchev–Trinajstić information content (AvgIpc) is 3.05. The number of nitrogens with one attached hydrogen (secondary N) is 2. The monoisotopic (exact) mass is 293 g/mol. The van der Waals surface area contributed by atoms with Gasteiger partial charge in [-0.3, -0.25) is 9.59 Å². The maximum Gasteiger partial charge on any atom is 0.237 e. The Morgan fingerprint density at radius 1 is 1.33 bits per heavy atom. The van der Waals surface area contributed by atoms with Crippen LogP contribution in [0.5, 0.6) is 0 Å². The van der Waals surface area contributed by atoms with E-state index in [9.17, 15) is 9.59 Å². The third-order valence-corrected chi connectivity index (χ3v) is 4.38. The molecule has 0 aromatic rings. The van der Waals surface area contributed by atoms with Crippen molar-refractivity contribution in [3.05, 3.63) is 12.7 Å². The smallest absolute Gasteiger partial charge is 0.237 e. The summed E-state index contributed by atoms with van der Waals surface area (Å²) in [5.74, 6) is 0.711. The van der Waals surface area contributed by atoms with Gasteiger partial charge in [-0.15, -0.1) is 6.58 Å². The van der Waals surface area contributed by atoms with E-state index >= 15 is 0 Å². The van der Waals surface area contributed by atoms with E-state index < -0.39 is 0 Å². The Morgan fingerprint density at radius 3 is 2.90 bits per heavy atom. The zero-order valence-electron chi connectivity index (χ0n) is 12.8. The van der Waals surface area contributed by atoms with Crippen LogP contribution in [0.4, 0.5) is 0 Å². The Balaban J connectivity index is 1.71. The molecule has 0 radical (unpaired) electrons. The molecule has 2 atom stereocenters. The fraction of sp³-hybridized carbons (Fsp3) is 0.750. The summed E-state index contributed by atoms with van der Waals surface area (Å²) in [6.07, 6.45) is 7.20. The lowest BCUT2D eigenvalue weighted by atomic mass is 9.97. The van der Waals surface area contributed by atoms with Gasteiger partial charge in [0.2, 0.25) is 11.8 Å². The Bertz CT molecular complexity index is 378. The molecule has 2 amide bonds. The molecule has 2 aliphatic rings. The second-order valence-electron chi connectivity index (χ2n) is 6.07. The topological polar surface area (TPSA) is 61.4 Å². The molecule has 2 unspecified atom stereocenters. The molecule has 0 spiro atoms. The first-order valence-corrected chi connectivity index (χ1v) is 8.10. The van der Waals surface area contributed by atoms with Crippen molar-refractivity contribution < 1.29 is 9.59 Å². The van der Waals surface area contributed by atoms with Crippen LogP contribution >= 0.6 is 0 Å². The van der Waals surface area contributed by atoms with Crippen molar-refractivity contribution in [1.82, 2.24) is 15.5 Å². The summed E-state index contributed by atoms with van der Waals surface area (Å²) in [5.41, 5.74) is 0. The van der Waals surface area contributed by atoms with Crippen molar-refractivity contribution in [1.29, 1.82) is 0 Å². The van der Waals surface area contributed by atoms with Gasteiger partial charge in [-0.2, -0.15) is 0 Å². The van der Waals surface area contributed by atoms with E-state index in [0.717, 1.165) is 51.7 Å². The summed E-state index contributed by atoms with van der Waals surface area (Å²) >= 11 is 0. The summed E-state index contributed by atoms with van der Waals surface area (Å²) in [7, 11) is 0. The molecule has 118 valence electrons. The number of carbonyl (C=O) groups is 2. The van der Waals surface area contributed by atoms with Gasteiger partial charge in [0, 0.05) is 26.1 Å². The van der Waals surface area contributed by atoms with Gasteiger partial charge in [-0.1, -0.05) is 6.08 Å². The van der Waals surface area contributed by atoms with Gasteiger partial charge < -0.3 is 15.5 Å². The molecule has 0 bridgehead atoms. The van der Waals surface area contributed by atoms with Crippen LogP contribution in [0.1, 0.15) is 38.5 Å². The van der Waals surface area contributed by atoms with E-state index in [1.807, 2.05) is 4.90 Å². The van der Waals surface area contributed by atoms with Crippen molar-refractivity contribution >= 4 is 11.8 Å². The fourth-order valence-corrected chi connectivity index (χ4v) is 3.12. The Kier molecular flexibility index (Phi) is 6.23. The molecular formula is C16H27N3O2. The van der Waals surface area contributed by atoms with Gasteiger partial charge >= 0.3 is 0 Å². The molecule has 0 aromatic carbocycles. The number of hydrogen-bond donors (Lipinski definition) is 2. The maximum atomic E-state index is 12.0. The maximum absolute atomic E-state index is 12.0. The average molecular weight is 293 g/mol. The highest BCUT2D eigenvalue weighted by Gasteiger charge is 2.26. The van der Waals surface area contributed by atoms with Crippen LogP contribution in [0.15, 0.2) is 12.7 Å². The molecule has 2 heterocycles. The minimum absolute atomic E-state index is 0.0149. The van der Waals surface area contributed by atoms with Crippen LogP contribution in [-0.2, 0) is 9.59 Å². The summed E-state index contributed by atoms with van der Waals surface area (Å²) in [6.45, 7) is 6.90. The van der Waals surface area contributed by atoms with E-state index in [1.54, 1.807) is 6.08 Å². The van der Waals surface area contributed by atoms with Crippen molar-refractivity contribution in [3.8, 4) is 0 Å². The van der Waals surface area contributed by atoms with Crippen LogP contribution < -0.4 is 10.6 Å². The molecule has 21 heavy (non-hydrogen) atoms. The molecule has 5 heteroatoms. The first-order valence-electron chi connectivity index (χ1n) is 8.10. The second kappa shape index (κ2) is 8.17. The number of amides is 2. The minimum Gasteiger partial charge on any atom is -0.354 e. The van der Waals surface area contributed by atoms with Crippen molar-refractivity contribution in [3.63, 3.8) is 0 Å². The number of piperidine rings is 1. The van der Waals surface area contributed by atoms with E-state index in [4.69, 9.17) is 0 Å². The molecular weight excluding hydrogens is 266 g/mol. The Labute approximate surface area is 127 Å². The molecule has 0 aromatic heterocycles. The van der Waals surface area contributed by atoms with E-state index in [2.05, 4.69) is 17.2 Å². The van der Waals surface area contributed by atoms with Crippen LogP contribution in [0.25, 0.3) is 0 Å². The third-order valence-electron chi connectivity index (χ3n) is 4.38. The number of nitrogens with zero attached hydrogens (tertiary/aromatic N) is 1. The quantitative estimate of drug-likeness (QED) is 0.720. The predicted molar refractivity (Wildman–Crippen MR) is 82.8 cm³/mol. The lowest BCUT2D eigenvalue weighted by Gasteiger charge is -2.33. The second-order valence-corrected chi connectivity index (χ2v) is 6.07. The van der Waals surface area contributed by atoms with E-state index in [0.29, 0.717) is 18.9 Å². The first kappa shape index (κ1) is 16.0. The normalized spacial score (nSPS) is 25.6. The first-order chi connectivity index (χ1) is 10.2. The zero-order chi connectivity index (χ0) is 15.1. The summed E-state index contributed by atoms with van der Waals surface area (Å²) in [4.78, 5) is 26.0. The zero-order valence-corrected chi connectivity index (χ0v) is 12.8. The Morgan fingerprint density at radius 2 is 2.19 bits per heavy atom. The molecule has 2 saturated heterocycles. The number of carbonyl (C=O) groups excluding carboxylic acids is 2. The van der Waals surface area contributed by atoms with E-state index in [1.165, 1.54) is 0 Å². The summed E-state index contributed by atoms with van der Waals surface area (Å²) in [6, 6.07) is -0.0149. The summed E-state index contributed by atoms with van der Waals surface area (Å²) < 4.78 is 0. The van der Waals surface area contributed by atoms with Crippen LogP contribution in [0, 0.1) is 5.92 Å². The molecule has 2 fully saturated rings. The van der Waals surface area contributed by atoms with Crippen LogP contribution in [0.3, 0.4) is 0 Å². The van der Waals surface area contributed by atoms with Crippen molar-refractivity contribution in [2.24, 2.45) is 5.92 Å². The van der Waals surface area contributed by atoms with Crippen LogP contribution in [0.2, 0.25) is 0 Å². The van der Waals surface area contributed by atoms with Crippen LogP contribution in [-0.4, -0.2) is 48.9 Å². The lowest BCUT2D eigenvalue weighted by Crippen LogP contribution is -2.46. The molecule has 2 rings (SSSR count). The number of likely N-dealkylation sites (tertiary alicyclic amines) is 1. The Hall–Kier alpha value is -1.36. The van der Waals surface area contributed by atoms with Gasteiger partial charge in [0.25, 0.3) is 0 Å². The van der Waals surface area contributed by atoms with Gasteiger partial charge in [0.05, 0.1) is 6.04 Å². The highest BCUT2D eigenvalue weighted by Crippen LogP contribution is 2.17. The fourth-order valence-electron chi connectivity index (χ4n) is 3.12. The highest BCUT2D eigenvalue weighted by molar-refractivity contribution is 5.82. The molecule has 2 N–H and O–H groups in total. The molecule has 5 nitrogen and oxygen atoms in total. The minimum atomic E-state index is -0.0149. The molecule has 0 aliphatic carbocycles.